The van der Waals surface area contributed by atoms with E-state index in [2.05, 4.69) is 0 Å². The number of esters is 1. The van der Waals surface area contributed by atoms with Gasteiger partial charge >= 0.3 is 5.97 Å². The van der Waals surface area contributed by atoms with Crippen molar-refractivity contribution in [2.24, 2.45) is 0 Å². The summed E-state index contributed by atoms with van der Waals surface area (Å²) in [6, 6.07) is 14.3. The summed E-state index contributed by atoms with van der Waals surface area (Å²) in [6.07, 6.45) is 4.36. The summed E-state index contributed by atoms with van der Waals surface area (Å²) < 4.78 is 15.4. The average Bonchev–Trinajstić information content (AvgIpc) is 2.71. The molecule has 0 radical (unpaired) electrons. The van der Waals surface area contributed by atoms with E-state index in [4.69, 9.17) is 14.2 Å². The van der Waals surface area contributed by atoms with Crippen LogP contribution in [0.15, 0.2) is 66.8 Å². The normalized spacial score (nSPS) is 11.3. The quantitative estimate of drug-likeness (QED) is 0.305. The molecule has 2 rings (SSSR count). The molecule has 0 aliphatic rings. The fourth-order valence-electron chi connectivity index (χ4n) is 2.43. The van der Waals surface area contributed by atoms with Crippen LogP contribution < -0.4 is 9.47 Å². The third-order valence-corrected chi connectivity index (χ3v) is 3.75. The Morgan fingerprint density at radius 2 is 1.70 bits per heavy atom. The number of hydrogen-bond acceptors (Lipinski definition) is 5. The van der Waals surface area contributed by atoms with Gasteiger partial charge in [0, 0.05) is 6.08 Å². The third kappa shape index (κ3) is 5.57. The standard InChI is InChI=1S/C22H22O5/c1-4-27-22(24)14-17(16-8-6-5-7-9-16)10-12-20(23)19-15-18(25-2)11-13-21(19)26-3/h5-15H,4H2,1-3H3/b12-10+,17-14-. The van der Waals surface area contributed by atoms with E-state index in [0.29, 0.717) is 22.6 Å². The number of hydrogen-bond donors (Lipinski definition) is 0. The summed E-state index contributed by atoms with van der Waals surface area (Å²) in [5.74, 6) is 0.267. The van der Waals surface area contributed by atoms with Crippen molar-refractivity contribution in [1.82, 2.24) is 0 Å². The maximum Gasteiger partial charge on any atom is 0.331 e. The molecule has 140 valence electrons. The highest BCUT2D eigenvalue weighted by molar-refractivity contribution is 6.08. The SMILES string of the molecule is CCOC(=O)/C=C(/C=C/C(=O)c1cc(OC)ccc1OC)c1ccccc1. The number of carbonyl (C=O) groups excluding carboxylic acids is 2. The van der Waals surface area contributed by atoms with Crippen LogP contribution in [0.1, 0.15) is 22.8 Å². The Kier molecular flexibility index (Phi) is 7.37. The first kappa shape index (κ1) is 20.0. The lowest BCUT2D eigenvalue weighted by Crippen LogP contribution is -2.02. The van der Waals surface area contributed by atoms with E-state index in [-0.39, 0.29) is 12.4 Å². The second-order valence-electron chi connectivity index (χ2n) is 5.48. The predicted octanol–water partition coefficient (Wildman–Crippen LogP) is 4.09. The molecule has 0 spiro atoms. The van der Waals surface area contributed by atoms with Crippen LogP contribution >= 0.6 is 0 Å². The van der Waals surface area contributed by atoms with Crippen molar-refractivity contribution in [3.8, 4) is 11.5 Å². The Balaban J connectivity index is 2.36. The Morgan fingerprint density at radius 1 is 0.963 bits per heavy atom. The molecule has 0 amide bonds. The number of allylic oxidation sites excluding steroid dienone is 3. The average molecular weight is 366 g/mol. The highest BCUT2D eigenvalue weighted by Gasteiger charge is 2.12. The number of carbonyl (C=O) groups is 2. The van der Waals surface area contributed by atoms with Gasteiger partial charge in [0.25, 0.3) is 0 Å². The minimum Gasteiger partial charge on any atom is -0.497 e. The van der Waals surface area contributed by atoms with Crippen LogP contribution in [0.2, 0.25) is 0 Å². The summed E-state index contributed by atoms with van der Waals surface area (Å²) in [5, 5.41) is 0. The highest BCUT2D eigenvalue weighted by atomic mass is 16.5. The zero-order chi connectivity index (χ0) is 19.6. The van der Waals surface area contributed by atoms with Crippen molar-refractivity contribution < 1.29 is 23.8 Å². The van der Waals surface area contributed by atoms with Gasteiger partial charge in [-0.3, -0.25) is 4.79 Å². The largest absolute Gasteiger partial charge is 0.497 e. The fraction of sp³-hybridized carbons (Fsp3) is 0.182. The van der Waals surface area contributed by atoms with Gasteiger partial charge in [0.05, 0.1) is 26.4 Å². The van der Waals surface area contributed by atoms with Gasteiger partial charge in [-0.05, 0) is 42.3 Å². The molecule has 0 heterocycles. The Morgan fingerprint density at radius 3 is 2.33 bits per heavy atom. The number of methoxy groups -OCH3 is 2. The first-order chi connectivity index (χ1) is 13.1. The second-order valence-corrected chi connectivity index (χ2v) is 5.48. The molecule has 0 fully saturated rings. The zero-order valence-electron chi connectivity index (χ0n) is 15.6. The molecule has 27 heavy (non-hydrogen) atoms. The van der Waals surface area contributed by atoms with Gasteiger partial charge in [0.1, 0.15) is 11.5 Å². The second kappa shape index (κ2) is 9.97. The minimum absolute atomic E-state index is 0.267. The van der Waals surface area contributed by atoms with Gasteiger partial charge in [-0.25, -0.2) is 4.79 Å². The summed E-state index contributed by atoms with van der Waals surface area (Å²) in [6.45, 7) is 2.02. The molecule has 0 aliphatic carbocycles. The lowest BCUT2D eigenvalue weighted by molar-refractivity contribution is -0.137. The molecule has 5 nitrogen and oxygen atoms in total. The third-order valence-electron chi connectivity index (χ3n) is 3.75. The number of ketones is 1. The van der Waals surface area contributed by atoms with Crippen LogP contribution in [0.5, 0.6) is 11.5 Å². The van der Waals surface area contributed by atoms with Gasteiger partial charge in [-0.15, -0.1) is 0 Å². The van der Waals surface area contributed by atoms with Crippen molar-refractivity contribution in [2.75, 3.05) is 20.8 Å². The summed E-state index contributed by atoms with van der Waals surface area (Å²) in [7, 11) is 3.03. The first-order valence-corrected chi connectivity index (χ1v) is 8.47. The number of benzene rings is 2. The molecule has 0 atom stereocenters. The molecule has 0 N–H and O–H groups in total. The van der Waals surface area contributed by atoms with E-state index in [9.17, 15) is 9.59 Å². The smallest absolute Gasteiger partial charge is 0.331 e. The minimum atomic E-state index is -0.465. The van der Waals surface area contributed by atoms with Crippen LogP contribution in [-0.2, 0) is 9.53 Å². The topological polar surface area (TPSA) is 61.8 Å². The fourth-order valence-corrected chi connectivity index (χ4v) is 2.43. The summed E-state index contributed by atoms with van der Waals surface area (Å²) in [4.78, 5) is 24.5. The molecule has 2 aromatic rings. The molecule has 0 saturated heterocycles. The highest BCUT2D eigenvalue weighted by Crippen LogP contribution is 2.25. The van der Waals surface area contributed by atoms with Crippen LogP contribution in [0.25, 0.3) is 5.57 Å². The van der Waals surface area contributed by atoms with Gasteiger partial charge < -0.3 is 14.2 Å². The summed E-state index contributed by atoms with van der Waals surface area (Å²) >= 11 is 0. The van der Waals surface area contributed by atoms with Crippen LogP contribution in [0, 0.1) is 0 Å². The van der Waals surface area contributed by atoms with E-state index in [1.54, 1.807) is 31.2 Å². The molecular formula is C22H22O5. The monoisotopic (exact) mass is 366 g/mol. The van der Waals surface area contributed by atoms with E-state index >= 15 is 0 Å². The van der Waals surface area contributed by atoms with Gasteiger partial charge in [-0.1, -0.05) is 36.4 Å². The Labute approximate surface area is 158 Å². The number of rotatable bonds is 8. The van der Waals surface area contributed by atoms with E-state index < -0.39 is 5.97 Å². The molecule has 0 unspecified atom stereocenters. The molecule has 0 aliphatic heterocycles. The molecule has 0 aromatic heterocycles. The van der Waals surface area contributed by atoms with E-state index in [0.717, 1.165) is 5.56 Å². The van der Waals surface area contributed by atoms with Crippen molar-refractivity contribution in [1.29, 1.82) is 0 Å². The van der Waals surface area contributed by atoms with E-state index in [1.165, 1.54) is 26.4 Å². The van der Waals surface area contributed by atoms with Crippen LogP contribution in [0.4, 0.5) is 0 Å². The molecule has 0 bridgehead atoms. The van der Waals surface area contributed by atoms with Crippen molar-refractivity contribution in [2.45, 2.75) is 6.92 Å². The van der Waals surface area contributed by atoms with E-state index in [1.807, 2.05) is 30.3 Å². The maximum absolute atomic E-state index is 12.7. The van der Waals surface area contributed by atoms with Gasteiger partial charge in [-0.2, -0.15) is 0 Å². The molecule has 0 saturated carbocycles. The Hall–Kier alpha value is -3.34. The zero-order valence-corrected chi connectivity index (χ0v) is 15.6. The van der Waals surface area contributed by atoms with Crippen LogP contribution in [-0.4, -0.2) is 32.6 Å². The lowest BCUT2D eigenvalue weighted by atomic mass is 10.0. The van der Waals surface area contributed by atoms with Crippen LogP contribution in [0.3, 0.4) is 0 Å². The van der Waals surface area contributed by atoms with Crippen molar-refractivity contribution in [3.05, 3.63) is 77.9 Å². The summed E-state index contributed by atoms with van der Waals surface area (Å²) in [5.41, 5.74) is 1.74. The molecule has 2 aromatic carbocycles. The van der Waals surface area contributed by atoms with Crippen molar-refractivity contribution >= 4 is 17.3 Å². The number of ether oxygens (including phenoxy) is 3. The molecular weight excluding hydrogens is 344 g/mol. The van der Waals surface area contributed by atoms with Crippen molar-refractivity contribution in [3.63, 3.8) is 0 Å². The first-order valence-electron chi connectivity index (χ1n) is 8.47. The predicted molar refractivity (Wildman–Crippen MR) is 104 cm³/mol. The molecule has 5 heteroatoms. The lowest BCUT2D eigenvalue weighted by Gasteiger charge is -2.08. The van der Waals surface area contributed by atoms with Gasteiger partial charge in [0.2, 0.25) is 0 Å². The van der Waals surface area contributed by atoms with Gasteiger partial charge in [0.15, 0.2) is 5.78 Å². The Bertz CT molecular complexity index is 850. The maximum atomic E-state index is 12.7.